The van der Waals surface area contributed by atoms with Gasteiger partial charge in [-0.25, -0.2) is 23.2 Å². The van der Waals surface area contributed by atoms with Gasteiger partial charge in [0.2, 0.25) is 5.88 Å². The highest BCUT2D eigenvalue weighted by atomic mass is 19.1. The van der Waals surface area contributed by atoms with Crippen LogP contribution in [-0.2, 0) is 24.4 Å². The van der Waals surface area contributed by atoms with E-state index < -0.39 is 17.6 Å². The zero-order chi connectivity index (χ0) is 30.1. The standard InChI is InChI=1S/C32H24F2N4O5/c33-26-12-19(15-35)4-5-23(26)18-43-30-3-1-2-28(36-30)20-6-7-22(27(34)13-20)16-38-31(39)25-9-8-21(32(40)41)14-29(25)37(38)17-24-10-11-42-24/h1-9,12-14,24H,10-11,16-18H2,(H,40,41). The number of aromatic nitrogens is 3. The number of fused-ring (bicyclic) bond motifs is 1. The molecule has 1 saturated heterocycles. The monoisotopic (exact) mass is 582 g/mol. The van der Waals surface area contributed by atoms with Gasteiger partial charge in [0, 0.05) is 29.4 Å². The maximum atomic E-state index is 15.5. The molecule has 1 unspecified atom stereocenters. The number of halogens is 2. The molecule has 43 heavy (non-hydrogen) atoms. The van der Waals surface area contributed by atoms with Crippen molar-refractivity contribution in [1.82, 2.24) is 14.3 Å². The predicted octanol–water partition coefficient (Wildman–Crippen LogP) is 5.13. The molecule has 5 aromatic rings. The van der Waals surface area contributed by atoms with E-state index in [1.807, 2.05) is 6.07 Å². The summed E-state index contributed by atoms with van der Waals surface area (Å²) in [5.41, 5.74) is 1.75. The Balaban J connectivity index is 1.26. The summed E-state index contributed by atoms with van der Waals surface area (Å²) in [6.07, 6.45) is 0.671. The lowest BCUT2D eigenvalue weighted by Crippen LogP contribution is -2.35. The SMILES string of the molecule is N#Cc1ccc(COc2cccc(-c3ccc(Cn4c(=O)c5ccc(C(=O)O)cc5n4CC4CCO4)c(F)c3)n2)c(F)c1. The summed E-state index contributed by atoms with van der Waals surface area (Å²) < 4.78 is 44.0. The van der Waals surface area contributed by atoms with Gasteiger partial charge in [-0.3, -0.25) is 9.48 Å². The Morgan fingerprint density at radius 2 is 1.84 bits per heavy atom. The summed E-state index contributed by atoms with van der Waals surface area (Å²) >= 11 is 0. The van der Waals surface area contributed by atoms with Crippen LogP contribution in [0.5, 0.6) is 5.88 Å². The molecular weight excluding hydrogens is 558 g/mol. The Morgan fingerprint density at radius 3 is 2.53 bits per heavy atom. The van der Waals surface area contributed by atoms with Crippen molar-refractivity contribution in [2.24, 2.45) is 0 Å². The molecule has 0 saturated carbocycles. The van der Waals surface area contributed by atoms with Crippen molar-refractivity contribution in [2.45, 2.75) is 32.2 Å². The number of rotatable bonds is 9. The summed E-state index contributed by atoms with van der Waals surface area (Å²) in [5, 5.41) is 18.7. The highest BCUT2D eigenvalue weighted by Gasteiger charge is 2.24. The minimum absolute atomic E-state index is 0.0456. The van der Waals surface area contributed by atoms with Crippen LogP contribution in [0.4, 0.5) is 8.78 Å². The van der Waals surface area contributed by atoms with E-state index in [-0.39, 0.29) is 52.9 Å². The van der Waals surface area contributed by atoms with Crippen LogP contribution < -0.4 is 10.3 Å². The highest BCUT2D eigenvalue weighted by molar-refractivity contribution is 5.93. The predicted molar refractivity (Wildman–Crippen MR) is 152 cm³/mol. The zero-order valence-corrected chi connectivity index (χ0v) is 22.7. The summed E-state index contributed by atoms with van der Waals surface area (Å²) in [6.45, 7) is 0.743. The minimum Gasteiger partial charge on any atom is -0.478 e. The second kappa shape index (κ2) is 11.5. The van der Waals surface area contributed by atoms with Crippen LogP contribution >= 0.6 is 0 Å². The number of benzene rings is 3. The van der Waals surface area contributed by atoms with Gasteiger partial charge in [-0.15, -0.1) is 0 Å². The fourth-order valence-corrected chi connectivity index (χ4v) is 4.95. The van der Waals surface area contributed by atoms with E-state index in [0.29, 0.717) is 35.3 Å². The molecule has 0 amide bonds. The summed E-state index contributed by atoms with van der Waals surface area (Å²) in [6, 6.07) is 19.8. The van der Waals surface area contributed by atoms with Crippen molar-refractivity contribution in [2.75, 3.05) is 6.61 Å². The lowest BCUT2D eigenvalue weighted by molar-refractivity contribution is -0.0618. The van der Waals surface area contributed by atoms with E-state index in [2.05, 4.69) is 4.98 Å². The van der Waals surface area contributed by atoms with Crippen LogP contribution in [0.3, 0.4) is 0 Å². The number of carbonyl (C=O) groups is 1. The Labute approximate surface area is 243 Å². The van der Waals surface area contributed by atoms with E-state index in [1.165, 1.54) is 41.1 Å². The summed E-state index contributed by atoms with van der Waals surface area (Å²) in [5.74, 6) is -2.02. The van der Waals surface area contributed by atoms with Crippen LogP contribution in [0.25, 0.3) is 22.2 Å². The molecule has 6 rings (SSSR count). The minimum atomic E-state index is -1.11. The van der Waals surface area contributed by atoms with Crippen LogP contribution in [0.2, 0.25) is 0 Å². The van der Waals surface area contributed by atoms with Crippen molar-refractivity contribution in [3.63, 3.8) is 0 Å². The lowest BCUT2D eigenvalue weighted by atomic mass is 10.1. The van der Waals surface area contributed by atoms with Gasteiger partial charge in [-0.2, -0.15) is 5.26 Å². The second-order valence-corrected chi connectivity index (χ2v) is 10.1. The molecule has 1 aliphatic heterocycles. The van der Waals surface area contributed by atoms with Gasteiger partial charge in [0.25, 0.3) is 5.56 Å². The van der Waals surface area contributed by atoms with Crippen molar-refractivity contribution in [3.05, 3.63) is 117 Å². The number of hydrogen-bond donors (Lipinski definition) is 1. The van der Waals surface area contributed by atoms with E-state index in [9.17, 15) is 19.1 Å². The average molecular weight is 583 g/mol. The summed E-state index contributed by atoms with van der Waals surface area (Å²) in [7, 11) is 0. The molecule has 0 aliphatic carbocycles. The van der Waals surface area contributed by atoms with Crippen LogP contribution in [0.15, 0.2) is 77.6 Å². The van der Waals surface area contributed by atoms with E-state index in [0.717, 1.165) is 12.5 Å². The van der Waals surface area contributed by atoms with Crippen LogP contribution in [0, 0.1) is 23.0 Å². The first-order valence-corrected chi connectivity index (χ1v) is 13.5. The first-order valence-electron chi connectivity index (χ1n) is 13.5. The third-order valence-corrected chi connectivity index (χ3v) is 7.40. The molecule has 0 bridgehead atoms. The van der Waals surface area contributed by atoms with Crippen molar-refractivity contribution in [1.29, 1.82) is 5.26 Å². The van der Waals surface area contributed by atoms with Gasteiger partial charge in [0.15, 0.2) is 0 Å². The Kier molecular flexibility index (Phi) is 7.44. The topological polar surface area (TPSA) is 119 Å². The number of carboxylic acid groups (broad SMARTS) is 1. The second-order valence-electron chi connectivity index (χ2n) is 10.1. The largest absolute Gasteiger partial charge is 0.478 e. The van der Waals surface area contributed by atoms with Gasteiger partial charge < -0.3 is 14.6 Å². The van der Waals surface area contributed by atoms with Crippen molar-refractivity contribution < 1.29 is 28.2 Å². The number of carboxylic acids is 1. The van der Waals surface area contributed by atoms with E-state index in [1.54, 1.807) is 35.0 Å². The zero-order valence-electron chi connectivity index (χ0n) is 22.7. The Morgan fingerprint density at radius 1 is 1.05 bits per heavy atom. The van der Waals surface area contributed by atoms with Gasteiger partial charge in [0.1, 0.15) is 18.2 Å². The number of nitriles is 1. The Hall–Kier alpha value is -5.34. The molecule has 216 valence electrons. The molecule has 2 aromatic heterocycles. The molecule has 9 nitrogen and oxygen atoms in total. The van der Waals surface area contributed by atoms with Crippen molar-refractivity contribution in [3.8, 4) is 23.2 Å². The molecule has 1 fully saturated rings. The number of pyridine rings is 1. The van der Waals surface area contributed by atoms with Crippen LogP contribution in [0.1, 0.15) is 33.5 Å². The normalized spacial score (nSPS) is 14.3. The molecule has 11 heteroatoms. The molecule has 1 N–H and O–H groups in total. The number of aromatic carboxylic acids is 1. The quantitative estimate of drug-likeness (QED) is 0.256. The first kappa shape index (κ1) is 27.8. The highest BCUT2D eigenvalue weighted by Crippen LogP contribution is 2.25. The molecule has 1 aliphatic rings. The van der Waals surface area contributed by atoms with Crippen LogP contribution in [-0.4, -0.2) is 38.1 Å². The first-order chi connectivity index (χ1) is 20.8. The van der Waals surface area contributed by atoms with E-state index >= 15 is 4.39 Å². The maximum absolute atomic E-state index is 15.5. The third-order valence-electron chi connectivity index (χ3n) is 7.40. The fraction of sp³-hybridized carbons (Fsp3) is 0.188. The Bertz CT molecular complexity index is 1970. The maximum Gasteiger partial charge on any atom is 0.335 e. The lowest BCUT2D eigenvalue weighted by Gasteiger charge is -2.28. The molecular formula is C32H24F2N4O5. The van der Waals surface area contributed by atoms with E-state index in [4.69, 9.17) is 14.7 Å². The average Bonchev–Trinajstić information content (AvgIpc) is 3.24. The van der Waals surface area contributed by atoms with Gasteiger partial charge in [-0.05, 0) is 48.9 Å². The fourth-order valence-electron chi connectivity index (χ4n) is 4.95. The smallest absolute Gasteiger partial charge is 0.335 e. The molecule has 1 atom stereocenters. The molecule has 0 spiro atoms. The van der Waals surface area contributed by atoms with Gasteiger partial charge >= 0.3 is 5.97 Å². The number of hydrogen-bond acceptors (Lipinski definition) is 6. The molecule has 0 radical (unpaired) electrons. The van der Waals surface area contributed by atoms with Gasteiger partial charge in [0.05, 0.1) is 53.0 Å². The third kappa shape index (κ3) is 5.60. The molecule has 3 aromatic carbocycles. The number of ether oxygens (including phenoxy) is 2. The number of nitrogens with zero attached hydrogens (tertiary/aromatic N) is 4. The summed E-state index contributed by atoms with van der Waals surface area (Å²) in [4.78, 5) is 29.3. The van der Waals surface area contributed by atoms with Crippen molar-refractivity contribution >= 4 is 16.9 Å². The molecule has 3 heterocycles. The van der Waals surface area contributed by atoms with Gasteiger partial charge in [-0.1, -0.05) is 24.3 Å².